The zero-order chi connectivity index (χ0) is 22.8. The summed E-state index contributed by atoms with van der Waals surface area (Å²) >= 11 is 6.94. The molecule has 0 fully saturated rings. The molecule has 1 aromatic carbocycles. The summed E-state index contributed by atoms with van der Waals surface area (Å²) in [6.07, 6.45) is 3.21. The summed E-state index contributed by atoms with van der Waals surface area (Å²) in [5.74, 6) is -1.07. The van der Waals surface area contributed by atoms with Crippen LogP contribution >= 0.6 is 23.1 Å². The largest absolute Gasteiger partial charge is 0.395 e. The third-order valence-corrected chi connectivity index (χ3v) is 5.80. The van der Waals surface area contributed by atoms with Gasteiger partial charge in [-0.3, -0.25) is 14.5 Å². The highest BCUT2D eigenvalue weighted by Gasteiger charge is 2.29. The number of hydrogen-bond acceptors (Lipinski definition) is 6. The highest BCUT2D eigenvalue weighted by atomic mass is 35.5. The number of carbonyl (C=O) groups is 3. The Morgan fingerprint density at radius 3 is 2.52 bits per heavy atom. The predicted octanol–water partition coefficient (Wildman–Crippen LogP) is 4.06. The van der Waals surface area contributed by atoms with Crippen LogP contribution in [0.2, 0.25) is 5.02 Å². The highest BCUT2D eigenvalue weighted by molar-refractivity contribution is 7.09. The molecule has 0 saturated heterocycles. The summed E-state index contributed by atoms with van der Waals surface area (Å²) in [6, 6.07) is 6.68. The molecule has 0 aliphatic rings. The number of nitrogen functional groups attached to an aromatic ring is 1. The molecule has 0 bridgehead atoms. The molecule has 168 valence electrons. The molecular formula is C21H28ClN5O3S. The van der Waals surface area contributed by atoms with E-state index in [1.807, 2.05) is 19.9 Å². The summed E-state index contributed by atoms with van der Waals surface area (Å²) in [7, 11) is 0. The minimum absolute atomic E-state index is 0.0329. The van der Waals surface area contributed by atoms with Crippen molar-refractivity contribution in [3.8, 4) is 0 Å². The van der Waals surface area contributed by atoms with Gasteiger partial charge in [-0.2, -0.15) is 4.37 Å². The summed E-state index contributed by atoms with van der Waals surface area (Å²) in [6.45, 7) is 4.92. The first kappa shape index (κ1) is 24.6. The third kappa shape index (κ3) is 6.67. The fourth-order valence-corrected chi connectivity index (χ4v) is 3.63. The van der Waals surface area contributed by atoms with Crippen molar-refractivity contribution in [2.24, 2.45) is 0 Å². The number of benzene rings is 1. The Kier molecular flexibility index (Phi) is 9.74. The van der Waals surface area contributed by atoms with Crippen LogP contribution in [0.3, 0.4) is 0 Å². The number of amides is 4. The second kappa shape index (κ2) is 12.3. The summed E-state index contributed by atoms with van der Waals surface area (Å²) < 4.78 is 4.08. The Morgan fingerprint density at radius 1 is 1.13 bits per heavy atom. The second-order valence-electron chi connectivity index (χ2n) is 6.94. The van der Waals surface area contributed by atoms with Crippen LogP contribution in [0.5, 0.6) is 0 Å². The van der Waals surface area contributed by atoms with Crippen LogP contribution in [0.1, 0.15) is 65.3 Å². The monoisotopic (exact) mass is 465 g/mol. The number of imide groups is 1. The maximum Gasteiger partial charge on any atom is 0.324 e. The van der Waals surface area contributed by atoms with Crippen molar-refractivity contribution in [3.05, 3.63) is 45.4 Å². The van der Waals surface area contributed by atoms with Crippen LogP contribution in [0.4, 0.5) is 10.5 Å². The molecule has 4 N–H and O–H groups in total. The molecule has 1 aromatic heterocycles. The molecule has 8 nitrogen and oxygen atoms in total. The molecule has 0 spiro atoms. The van der Waals surface area contributed by atoms with E-state index < -0.39 is 17.8 Å². The van der Waals surface area contributed by atoms with E-state index in [0.29, 0.717) is 18.0 Å². The van der Waals surface area contributed by atoms with Gasteiger partial charge in [0.2, 0.25) is 0 Å². The van der Waals surface area contributed by atoms with E-state index in [0.717, 1.165) is 41.3 Å². The summed E-state index contributed by atoms with van der Waals surface area (Å²) in [5.41, 5.74) is 6.71. The minimum atomic E-state index is -0.610. The van der Waals surface area contributed by atoms with E-state index in [2.05, 4.69) is 15.0 Å². The summed E-state index contributed by atoms with van der Waals surface area (Å²) in [5, 5.41) is 6.02. The van der Waals surface area contributed by atoms with Gasteiger partial charge in [-0.25, -0.2) is 4.79 Å². The lowest BCUT2D eigenvalue weighted by Gasteiger charge is -2.20. The SMILES string of the molecule is CCCCNC(=O)N(CCCC)C(=O)c1nsc(C(=O)NCc2ccccc2Cl)c1N. The average molecular weight is 466 g/mol. The fraction of sp³-hybridized carbons (Fsp3) is 0.429. The van der Waals surface area contributed by atoms with Gasteiger partial charge in [0.1, 0.15) is 4.88 Å². The number of hydrogen-bond donors (Lipinski definition) is 3. The first-order valence-corrected chi connectivity index (χ1v) is 11.4. The molecule has 0 unspecified atom stereocenters. The van der Waals surface area contributed by atoms with Crippen LogP contribution in [0.25, 0.3) is 0 Å². The molecule has 1 heterocycles. The maximum absolute atomic E-state index is 13.0. The smallest absolute Gasteiger partial charge is 0.324 e. The normalized spacial score (nSPS) is 10.5. The van der Waals surface area contributed by atoms with Gasteiger partial charge in [-0.1, -0.05) is 56.5 Å². The molecule has 0 saturated carbocycles. The van der Waals surface area contributed by atoms with Gasteiger partial charge < -0.3 is 16.4 Å². The van der Waals surface area contributed by atoms with E-state index in [1.165, 1.54) is 0 Å². The second-order valence-corrected chi connectivity index (χ2v) is 8.12. The predicted molar refractivity (Wildman–Crippen MR) is 123 cm³/mol. The lowest BCUT2D eigenvalue weighted by atomic mass is 10.2. The zero-order valence-electron chi connectivity index (χ0n) is 17.7. The zero-order valence-corrected chi connectivity index (χ0v) is 19.3. The molecule has 0 atom stereocenters. The third-order valence-electron chi connectivity index (χ3n) is 4.57. The van der Waals surface area contributed by atoms with E-state index in [4.69, 9.17) is 17.3 Å². The van der Waals surface area contributed by atoms with Gasteiger partial charge in [-0.05, 0) is 36.0 Å². The first-order valence-electron chi connectivity index (χ1n) is 10.3. The number of unbranched alkanes of at least 4 members (excludes halogenated alkanes) is 2. The molecule has 0 radical (unpaired) electrons. The Morgan fingerprint density at radius 2 is 1.84 bits per heavy atom. The van der Waals surface area contributed by atoms with Crippen molar-refractivity contribution in [2.45, 2.75) is 46.1 Å². The van der Waals surface area contributed by atoms with Crippen molar-refractivity contribution in [2.75, 3.05) is 18.8 Å². The van der Waals surface area contributed by atoms with E-state index in [-0.39, 0.29) is 29.3 Å². The number of urea groups is 1. The molecular weight excluding hydrogens is 438 g/mol. The number of rotatable bonds is 10. The van der Waals surface area contributed by atoms with E-state index >= 15 is 0 Å². The molecule has 0 aliphatic carbocycles. The van der Waals surface area contributed by atoms with E-state index in [9.17, 15) is 14.4 Å². The van der Waals surface area contributed by atoms with Crippen molar-refractivity contribution >= 4 is 46.7 Å². The average Bonchev–Trinajstić information content (AvgIpc) is 3.14. The lowest BCUT2D eigenvalue weighted by Crippen LogP contribution is -2.45. The van der Waals surface area contributed by atoms with Crippen molar-refractivity contribution in [1.82, 2.24) is 19.9 Å². The van der Waals surface area contributed by atoms with Gasteiger partial charge >= 0.3 is 6.03 Å². The first-order chi connectivity index (χ1) is 14.9. The Bertz CT molecular complexity index is 918. The standard InChI is InChI=1S/C21H28ClN5O3S/c1-3-5-11-24-21(30)27(12-6-4-2)20(29)17-16(23)18(31-26-17)19(28)25-13-14-9-7-8-10-15(14)22/h7-10H,3-6,11-13,23H2,1-2H3,(H,24,30)(H,25,28). The number of nitrogens with zero attached hydrogens (tertiary/aromatic N) is 2. The quantitative estimate of drug-likeness (QED) is 0.457. The van der Waals surface area contributed by atoms with Gasteiger partial charge in [0.25, 0.3) is 11.8 Å². The Hall–Kier alpha value is -2.65. The van der Waals surface area contributed by atoms with Crippen molar-refractivity contribution in [3.63, 3.8) is 0 Å². The topological polar surface area (TPSA) is 117 Å². The summed E-state index contributed by atoms with van der Waals surface area (Å²) in [4.78, 5) is 39.3. The van der Waals surface area contributed by atoms with Crippen LogP contribution in [-0.2, 0) is 6.54 Å². The number of nitrogens with one attached hydrogen (secondary N) is 2. The van der Waals surface area contributed by atoms with Gasteiger partial charge in [0.15, 0.2) is 5.69 Å². The number of nitrogens with two attached hydrogens (primary N) is 1. The number of halogens is 1. The number of carbonyl (C=O) groups excluding carboxylic acids is 3. The fourth-order valence-electron chi connectivity index (χ4n) is 2.72. The van der Waals surface area contributed by atoms with Crippen LogP contribution in [0, 0.1) is 0 Å². The minimum Gasteiger partial charge on any atom is -0.395 e. The highest BCUT2D eigenvalue weighted by Crippen LogP contribution is 2.24. The van der Waals surface area contributed by atoms with Gasteiger partial charge in [0.05, 0.1) is 5.69 Å². The lowest BCUT2D eigenvalue weighted by molar-refractivity contribution is 0.0795. The molecule has 2 rings (SSSR count). The maximum atomic E-state index is 13.0. The van der Waals surface area contributed by atoms with Crippen LogP contribution in [0.15, 0.2) is 24.3 Å². The molecule has 10 heteroatoms. The van der Waals surface area contributed by atoms with E-state index in [1.54, 1.807) is 18.2 Å². The number of aromatic nitrogens is 1. The molecule has 4 amide bonds. The Balaban J connectivity index is 2.12. The van der Waals surface area contributed by atoms with Crippen molar-refractivity contribution in [1.29, 1.82) is 0 Å². The van der Waals surface area contributed by atoms with Gasteiger partial charge in [-0.15, -0.1) is 0 Å². The van der Waals surface area contributed by atoms with Crippen LogP contribution in [-0.4, -0.2) is 40.2 Å². The van der Waals surface area contributed by atoms with Crippen molar-refractivity contribution < 1.29 is 14.4 Å². The molecule has 0 aliphatic heterocycles. The molecule has 31 heavy (non-hydrogen) atoms. The van der Waals surface area contributed by atoms with Crippen LogP contribution < -0.4 is 16.4 Å². The molecule has 2 aromatic rings. The number of anilines is 1. The Labute approximate surface area is 191 Å². The van der Waals surface area contributed by atoms with Gasteiger partial charge in [0, 0.05) is 24.7 Å².